The molecule has 0 atom stereocenters. The maximum Gasteiger partial charge on any atom is 0.0705 e. The summed E-state index contributed by atoms with van der Waals surface area (Å²) in [5.74, 6) is 0. The van der Waals surface area contributed by atoms with Gasteiger partial charge in [-0.1, -0.05) is 146 Å². The van der Waals surface area contributed by atoms with Gasteiger partial charge in [-0.3, -0.25) is 9.97 Å². The van der Waals surface area contributed by atoms with E-state index >= 15 is 0 Å². The van der Waals surface area contributed by atoms with Crippen LogP contribution in [0.4, 0.5) is 0 Å². The lowest BCUT2D eigenvalue weighted by Gasteiger charge is -2.24. The molecule has 0 fully saturated rings. The van der Waals surface area contributed by atoms with Gasteiger partial charge in [0.05, 0.1) is 11.4 Å². The molecule has 2 heterocycles. The van der Waals surface area contributed by atoms with Crippen molar-refractivity contribution in [3.8, 4) is 67.0 Å². The molecule has 0 saturated heterocycles. The van der Waals surface area contributed by atoms with Crippen LogP contribution in [0, 0.1) is 27.7 Å². The molecular formula is C52H50Br2N2. The smallest absolute Gasteiger partial charge is 0.0705 e. The number of benzene rings is 5. The van der Waals surface area contributed by atoms with Crippen LogP contribution in [-0.2, 0) is 10.8 Å². The fraction of sp³-hybridized carbons (Fsp3) is 0.231. The number of hydrogen-bond acceptors (Lipinski definition) is 2. The van der Waals surface area contributed by atoms with Crippen LogP contribution in [-0.4, -0.2) is 9.97 Å². The van der Waals surface area contributed by atoms with Gasteiger partial charge in [0.15, 0.2) is 0 Å². The summed E-state index contributed by atoms with van der Waals surface area (Å²) in [5, 5.41) is 0. The Morgan fingerprint density at radius 1 is 0.393 bits per heavy atom. The van der Waals surface area contributed by atoms with Crippen LogP contribution < -0.4 is 0 Å². The summed E-state index contributed by atoms with van der Waals surface area (Å²) >= 11 is 7.97. The zero-order valence-corrected chi connectivity index (χ0v) is 37.4. The predicted octanol–water partition coefficient (Wildman–Crippen LogP) is 15.8. The molecule has 0 N–H and O–H groups in total. The second-order valence-electron chi connectivity index (χ2n) is 17.1. The van der Waals surface area contributed by atoms with Crippen LogP contribution in [0.15, 0.2) is 131 Å². The van der Waals surface area contributed by atoms with E-state index in [1.807, 2.05) is 12.4 Å². The second kappa shape index (κ2) is 15.4. The van der Waals surface area contributed by atoms with Gasteiger partial charge in [0.25, 0.3) is 0 Å². The molecule has 4 heteroatoms. The minimum Gasteiger partial charge on any atom is -0.256 e. The van der Waals surface area contributed by atoms with Crippen LogP contribution in [0.5, 0.6) is 0 Å². The lowest BCUT2D eigenvalue weighted by molar-refractivity contribution is 0.589. The van der Waals surface area contributed by atoms with Crippen molar-refractivity contribution in [1.29, 1.82) is 0 Å². The molecule has 0 aliphatic carbocycles. The lowest BCUT2D eigenvalue weighted by atomic mass is 9.80. The first-order chi connectivity index (χ1) is 26.5. The normalized spacial score (nSPS) is 11.9. The molecule has 7 rings (SSSR count). The largest absolute Gasteiger partial charge is 0.256 e. The summed E-state index contributed by atoms with van der Waals surface area (Å²) in [4.78, 5) is 9.48. The van der Waals surface area contributed by atoms with Gasteiger partial charge in [0.1, 0.15) is 0 Å². The van der Waals surface area contributed by atoms with E-state index < -0.39 is 0 Å². The summed E-state index contributed by atoms with van der Waals surface area (Å²) < 4.78 is 2.10. The van der Waals surface area contributed by atoms with Gasteiger partial charge in [0.2, 0.25) is 0 Å². The third kappa shape index (κ3) is 7.59. The average molecular weight is 863 g/mol. The first kappa shape index (κ1) is 39.6. The number of halogens is 2. The van der Waals surface area contributed by atoms with Crippen molar-refractivity contribution in [3.05, 3.63) is 164 Å². The molecule has 282 valence electrons. The summed E-state index contributed by atoms with van der Waals surface area (Å²) in [6.07, 6.45) is 3.84. The highest BCUT2D eigenvalue weighted by atomic mass is 79.9. The van der Waals surface area contributed by atoms with E-state index in [0.29, 0.717) is 0 Å². The minimum absolute atomic E-state index is 0.0529. The molecule has 0 saturated carbocycles. The molecule has 0 aliphatic rings. The van der Waals surface area contributed by atoms with Gasteiger partial charge in [0, 0.05) is 32.5 Å². The van der Waals surface area contributed by atoms with Gasteiger partial charge in [-0.05, 0) is 153 Å². The van der Waals surface area contributed by atoms with Crippen molar-refractivity contribution >= 4 is 31.9 Å². The Hall–Kier alpha value is -4.64. The van der Waals surface area contributed by atoms with E-state index in [1.165, 1.54) is 66.8 Å². The number of nitrogens with zero attached hydrogens (tertiary/aromatic N) is 2. The molecule has 0 unspecified atom stereocenters. The lowest BCUT2D eigenvalue weighted by Crippen LogP contribution is -2.11. The monoisotopic (exact) mass is 860 g/mol. The molecule has 0 radical (unpaired) electrons. The Bertz CT molecular complexity index is 2410. The van der Waals surface area contributed by atoms with E-state index in [9.17, 15) is 0 Å². The topological polar surface area (TPSA) is 25.8 Å². The Labute approximate surface area is 350 Å². The third-order valence-corrected chi connectivity index (χ3v) is 12.7. The maximum absolute atomic E-state index is 4.74. The van der Waals surface area contributed by atoms with Gasteiger partial charge >= 0.3 is 0 Å². The number of hydrogen-bond donors (Lipinski definition) is 0. The predicted molar refractivity (Wildman–Crippen MR) is 246 cm³/mol. The van der Waals surface area contributed by atoms with Gasteiger partial charge in [-0.2, -0.15) is 0 Å². The van der Waals surface area contributed by atoms with Crippen LogP contribution in [0.25, 0.3) is 67.0 Å². The SMILES string of the molecule is Cc1c(C)c(-c2ccccc2-c2ccc(-c3cc(C(C)(C)C)ccn3)cc2Br)c(C)c(C)c1-c1ccccc1-c1ccc(-c2cc(C(C)(C)C)ccn2)cc1Br. The minimum atomic E-state index is 0.0529. The van der Waals surface area contributed by atoms with Crippen LogP contribution in [0.2, 0.25) is 0 Å². The Balaban J connectivity index is 1.30. The summed E-state index contributed by atoms with van der Waals surface area (Å²) in [6, 6.07) is 39.6. The molecule has 7 aromatic rings. The van der Waals surface area contributed by atoms with Gasteiger partial charge in [-0.15, -0.1) is 0 Å². The number of aromatic nitrogens is 2. The molecule has 2 nitrogen and oxygen atoms in total. The second-order valence-corrected chi connectivity index (χ2v) is 18.8. The zero-order valence-electron chi connectivity index (χ0n) is 34.2. The van der Waals surface area contributed by atoms with Gasteiger partial charge < -0.3 is 0 Å². The highest BCUT2D eigenvalue weighted by molar-refractivity contribution is 9.11. The molecule has 0 amide bonds. The van der Waals surface area contributed by atoms with E-state index in [4.69, 9.17) is 9.97 Å². The number of rotatable bonds is 6. The van der Waals surface area contributed by atoms with Crippen LogP contribution in [0.3, 0.4) is 0 Å². The Morgan fingerprint density at radius 2 is 0.732 bits per heavy atom. The van der Waals surface area contributed by atoms with E-state index in [1.54, 1.807) is 0 Å². The van der Waals surface area contributed by atoms with E-state index in [-0.39, 0.29) is 10.8 Å². The van der Waals surface area contributed by atoms with Crippen molar-refractivity contribution in [3.63, 3.8) is 0 Å². The summed E-state index contributed by atoms with van der Waals surface area (Å²) in [5.41, 5.74) is 21.8. The zero-order chi connectivity index (χ0) is 40.1. The number of pyridine rings is 2. The molecular weight excluding hydrogens is 812 g/mol. The van der Waals surface area contributed by atoms with E-state index in [0.717, 1.165) is 42.6 Å². The molecule has 5 aromatic carbocycles. The van der Waals surface area contributed by atoms with Crippen molar-refractivity contribution in [2.24, 2.45) is 0 Å². The van der Waals surface area contributed by atoms with E-state index in [2.05, 4.69) is 210 Å². The maximum atomic E-state index is 4.74. The molecule has 0 bridgehead atoms. The Morgan fingerprint density at radius 3 is 1.05 bits per heavy atom. The van der Waals surface area contributed by atoms with Gasteiger partial charge in [-0.25, -0.2) is 0 Å². The fourth-order valence-corrected chi connectivity index (χ4v) is 9.07. The average Bonchev–Trinajstić information content (AvgIpc) is 3.17. The van der Waals surface area contributed by atoms with Crippen molar-refractivity contribution < 1.29 is 0 Å². The first-order valence-electron chi connectivity index (χ1n) is 19.4. The van der Waals surface area contributed by atoms with Crippen molar-refractivity contribution in [1.82, 2.24) is 9.97 Å². The van der Waals surface area contributed by atoms with Crippen LogP contribution >= 0.6 is 31.9 Å². The third-order valence-electron chi connectivity index (χ3n) is 11.4. The van der Waals surface area contributed by atoms with Crippen molar-refractivity contribution in [2.45, 2.75) is 80.1 Å². The highest BCUT2D eigenvalue weighted by Crippen LogP contribution is 2.47. The fourth-order valence-electron chi connectivity index (χ4n) is 7.89. The summed E-state index contributed by atoms with van der Waals surface area (Å²) in [7, 11) is 0. The molecule has 0 spiro atoms. The van der Waals surface area contributed by atoms with Crippen molar-refractivity contribution in [2.75, 3.05) is 0 Å². The molecule has 2 aromatic heterocycles. The molecule has 0 aliphatic heterocycles. The summed E-state index contributed by atoms with van der Waals surface area (Å²) in [6.45, 7) is 22.6. The highest BCUT2D eigenvalue weighted by Gasteiger charge is 2.23. The molecule has 56 heavy (non-hydrogen) atoms. The van der Waals surface area contributed by atoms with Crippen LogP contribution in [0.1, 0.15) is 74.9 Å². The quantitative estimate of drug-likeness (QED) is 0.166. The first-order valence-corrected chi connectivity index (χ1v) is 21.0. The standard InChI is InChI=1S/C52H50Br2N2/c1-31-32(2)50(44-18-14-12-16-40(44)42-22-20-36(28-46(42)54)48-30-38(24-26-56-48)52(8,9)10)34(4)33(3)49(31)43-17-13-11-15-39(43)41-21-19-35(27-45(41)53)47-29-37(23-25-55-47)51(5,6)7/h11-30H,1-10H3. The Kier molecular flexibility index (Phi) is 10.9.